The summed E-state index contributed by atoms with van der Waals surface area (Å²) < 4.78 is 6.26. The van der Waals surface area contributed by atoms with E-state index < -0.39 is 11.9 Å². The number of rotatable bonds is 6. The third kappa shape index (κ3) is 4.41. The predicted octanol–water partition coefficient (Wildman–Crippen LogP) is 5.07. The number of hydrogen-bond donors (Lipinski definition) is 1. The lowest BCUT2D eigenvalue weighted by Crippen LogP contribution is -2.41. The van der Waals surface area contributed by atoms with Crippen LogP contribution in [0.3, 0.4) is 0 Å². The highest BCUT2D eigenvalue weighted by atomic mass is 16.5. The Morgan fingerprint density at radius 3 is 2.11 bits per heavy atom. The average molecular weight is 472 g/mol. The molecule has 0 amide bonds. The molecule has 2 aromatic rings. The van der Waals surface area contributed by atoms with Crippen molar-refractivity contribution in [2.75, 3.05) is 6.54 Å². The van der Waals surface area contributed by atoms with Crippen LogP contribution in [-0.4, -0.2) is 34.1 Å². The summed E-state index contributed by atoms with van der Waals surface area (Å²) in [5.41, 5.74) is 5.65. The second kappa shape index (κ2) is 9.53. The highest BCUT2D eigenvalue weighted by molar-refractivity contribution is 6.06. The first-order chi connectivity index (χ1) is 16.9. The second-order valence-corrected chi connectivity index (χ2v) is 9.50. The summed E-state index contributed by atoms with van der Waals surface area (Å²) in [6.07, 6.45) is 3.43. The minimum Gasteiger partial charge on any atom is -0.489 e. The number of hydrogen-bond acceptors (Lipinski definition) is 5. The van der Waals surface area contributed by atoms with Gasteiger partial charge in [-0.3, -0.25) is 14.4 Å². The zero-order valence-corrected chi connectivity index (χ0v) is 19.9. The van der Waals surface area contributed by atoms with E-state index in [1.807, 2.05) is 55.5 Å². The molecule has 6 nitrogen and oxygen atoms in total. The van der Waals surface area contributed by atoms with Gasteiger partial charge in [0.25, 0.3) is 0 Å². The Morgan fingerprint density at radius 1 is 0.914 bits per heavy atom. The van der Waals surface area contributed by atoms with Crippen LogP contribution in [0.15, 0.2) is 71.1 Å². The minimum atomic E-state index is -0.972. The summed E-state index contributed by atoms with van der Waals surface area (Å²) in [6, 6.07) is 15.7. The van der Waals surface area contributed by atoms with Gasteiger partial charge < -0.3 is 14.7 Å². The number of nitrogens with zero attached hydrogens (tertiary/aromatic N) is 1. The fourth-order valence-corrected chi connectivity index (χ4v) is 5.55. The molecule has 0 atom stereocenters. The first-order valence-electron chi connectivity index (χ1n) is 12.2. The number of carbonyl (C=O) groups is 3. The molecule has 0 fully saturated rings. The van der Waals surface area contributed by atoms with Crippen LogP contribution in [0.2, 0.25) is 0 Å². The van der Waals surface area contributed by atoms with E-state index in [4.69, 9.17) is 4.74 Å². The van der Waals surface area contributed by atoms with Gasteiger partial charge in [0.05, 0.1) is 0 Å². The van der Waals surface area contributed by atoms with E-state index in [0.29, 0.717) is 62.0 Å². The predicted molar refractivity (Wildman–Crippen MR) is 131 cm³/mol. The van der Waals surface area contributed by atoms with Crippen LogP contribution in [0.1, 0.15) is 61.1 Å². The molecule has 0 unspecified atom stereocenters. The number of para-hydroxylation sites is 1. The Balaban J connectivity index is 1.62. The number of carboxylic acid groups (broad SMARTS) is 1. The maximum Gasteiger partial charge on any atom is 0.323 e. The normalized spacial score (nSPS) is 18.5. The number of ketones is 2. The molecule has 6 heteroatoms. The van der Waals surface area contributed by atoms with E-state index in [9.17, 15) is 19.5 Å². The SMILES string of the molecule is Cc1ccc(COc2ccccc2C2C3=C(CCCC3=O)N(CC(=O)O)C3=C2C(=O)CCC3)cc1. The minimum absolute atomic E-state index is 0.00935. The van der Waals surface area contributed by atoms with Gasteiger partial charge in [-0.25, -0.2) is 0 Å². The van der Waals surface area contributed by atoms with E-state index >= 15 is 0 Å². The molecular formula is C29H29NO5. The molecule has 0 saturated carbocycles. The number of benzene rings is 2. The number of allylic oxidation sites excluding steroid dienone is 4. The molecule has 1 aliphatic heterocycles. The zero-order valence-electron chi connectivity index (χ0n) is 19.9. The van der Waals surface area contributed by atoms with Gasteiger partial charge in [0.1, 0.15) is 18.9 Å². The molecule has 2 aliphatic carbocycles. The molecule has 1 heterocycles. The van der Waals surface area contributed by atoms with Crippen molar-refractivity contribution < 1.29 is 24.2 Å². The third-order valence-corrected chi connectivity index (χ3v) is 7.12. The first-order valence-corrected chi connectivity index (χ1v) is 12.2. The van der Waals surface area contributed by atoms with Gasteiger partial charge >= 0.3 is 5.97 Å². The smallest absolute Gasteiger partial charge is 0.323 e. The maximum absolute atomic E-state index is 13.3. The molecular weight excluding hydrogens is 442 g/mol. The van der Waals surface area contributed by atoms with E-state index in [2.05, 4.69) is 0 Å². The van der Waals surface area contributed by atoms with Crippen LogP contribution >= 0.6 is 0 Å². The fraction of sp³-hybridized carbons (Fsp3) is 0.345. The largest absolute Gasteiger partial charge is 0.489 e. The molecule has 0 saturated heterocycles. The zero-order chi connectivity index (χ0) is 24.5. The molecule has 3 aliphatic rings. The molecule has 0 aromatic heterocycles. The molecule has 2 aromatic carbocycles. The monoisotopic (exact) mass is 471 g/mol. The van der Waals surface area contributed by atoms with Crippen LogP contribution in [0.5, 0.6) is 5.75 Å². The highest BCUT2D eigenvalue weighted by Gasteiger charge is 2.44. The van der Waals surface area contributed by atoms with Gasteiger partial charge in [0, 0.05) is 46.9 Å². The number of aryl methyl sites for hydroxylation is 1. The summed E-state index contributed by atoms with van der Waals surface area (Å²) in [5.74, 6) is -0.880. The molecule has 180 valence electrons. The molecule has 35 heavy (non-hydrogen) atoms. The van der Waals surface area contributed by atoms with Crippen LogP contribution in [0, 0.1) is 6.92 Å². The molecule has 1 N–H and O–H groups in total. The van der Waals surface area contributed by atoms with Crippen LogP contribution < -0.4 is 4.74 Å². The number of carboxylic acids is 1. The van der Waals surface area contributed by atoms with Crippen molar-refractivity contribution in [3.05, 3.63) is 87.8 Å². The van der Waals surface area contributed by atoms with Gasteiger partial charge in [0.2, 0.25) is 0 Å². The summed E-state index contributed by atoms with van der Waals surface area (Å²) in [7, 11) is 0. The van der Waals surface area contributed by atoms with Gasteiger partial charge in [-0.2, -0.15) is 0 Å². The summed E-state index contributed by atoms with van der Waals surface area (Å²) in [5, 5.41) is 9.62. The van der Waals surface area contributed by atoms with Gasteiger partial charge in [-0.1, -0.05) is 48.0 Å². The first kappa shape index (κ1) is 23.1. The van der Waals surface area contributed by atoms with E-state index in [-0.39, 0.29) is 18.1 Å². The number of aliphatic carboxylic acids is 1. The third-order valence-electron chi connectivity index (χ3n) is 7.12. The number of ether oxygens (including phenoxy) is 1. The van der Waals surface area contributed by atoms with Crippen molar-refractivity contribution in [1.82, 2.24) is 4.90 Å². The number of carbonyl (C=O) groups excluding carboxylic acids is 2. The summed E-state index contributed by atoms with van der Waals surface area (Å²) >= 11 is 0. The fourth-order valence-electron chi connectivity index (χ4n) is 5.55. The lowest BCUT2D eigenvalue weighted by molar-refractivity contribution is -0.138. The highest BCUT2D eigenvalue weighted by Crippen LogP contribution is 2.50. The van der Waals surface area contributed by atoms with Gasteiger partial charge in [-0.05, 0) is 44.2 Å². The second-order valence-electron chi connectivity index (χ2n) is 9.50. The Kier molecular flexibility index (Phi) is 6.29. The molecule has 5 rings (SSSR count). The van der Waals surface area contributed by atoms with Gasteiger partial charge in [-0.15, -0.1) is 0 Å². The molecule has 0 radical (unpaired) electrons. The quantitative estimate of drug-likeness (QED) is 0.633. The maximum atomic E-state index is 13.3. The van der Waals surface area contributed by atoms with Crippen molar-refractivity contribution in [1.29, 1.82) is 0 Å². The number of Topliss-reactive ketones (excluding diaryl/α,β-unsaturated/α-hetero) is 2. The van der Waals surface area contributed by atoms with Crippen molar-refractivity contribution in [3.63, 3.8) is 0 Å². The van der Waals surface area contributed by atoms with Crippen molar-refractivity contribution in [3.8, 4) is 5.75 Å². The van der Waals surface area contributed by atoms with E-state index in [1.54, 1.807) is 4.90 Å². The van der Waals surface area contributed by atoms with Gasteiger partial charge in [0.15, 0.2) is 11.6 Å². The van der Waals surface area contributed by atoms with Crippen molar-refractivity contribution in [2.24, 2.45) is 0 Å². The lowest BCUT2D eigenvalue weighted by Gasteiger charge is -2.43. The Morgan fingerprint density at radius 2 is 1.51 bits per heavy atom. The van der Waals surface area contributed by atoms with Crippen molar-refractivity contribution in [2.45, 2.75) is 58.0 Å². The molecule has 0 bridgehead atoms. The summed E-state index contributed by atoms with van der Waals surface area (Å²) in [4.78, 5) is 40.2. The van der Waals surface area contributed by atoms with E-state index in [1.165, 1.54) is 5.56 Å². The summed E-state index contributed by atoms with van der Waals surface area (Å²) in [6.45, 7) is 2.17. The Bertz CT molecular complexity index is 1210. The van der Waals surface area contributed by atoms with Crippen LogP contribution in [0.25, 0.3) is 0 Å². The standard InChI is InChI=1S/C29H29NO5/c1-18-12-14-19(15-13-18)17-35-25-11-3-2-6-20(25)27-28-21(7-4-9-23(28)31)30(16-26(33)34)22-8-5-10-24(32)29(22)27/h2-3,6,11-15,27H,4-5,7-10,16-17H2,1H3,(H,33,34). The Hall–Kier alpha value is -3.67. The lowest BCUT2D eigenvalue weighted by atomic mass is 9.70. The molecule has 0 spiro atoms. The Labute approximate surface area is 204 Å². The topological polar surface area (TPSA) is 83.9 Å². The van der Waals surface area contributed by atoms with Crippen LogP contribution in [0.4, 0.5) is 0 Å². The van der Waals surface area contributed by atoms with Crippen LogP contribution in [-0.2, 0) is 21.0 Å². The van der Waals surface area contributed by atoms with E-state index in [0.717, 1.165) is 22.5 Å². The van der Waals surface area contributed by atoms with Crippen molar-refractivity contribution >= 4 is 17.5 Å². The average Bonchev–Trinajstić information content (AvgIpc) is 2.84.